The first-order valence-electron chi connectivity index (χ1n) is 5.70. The summed E-state index contributed by atoms with van der Waals surface area (Å²) in [6.45, 7) is 1.90. The van der Waals surface area contributed by atoms with Gasteiger partial charge >= 0.3 is 0 Å². The number of hydrogen-bond acceptors (Lipinski definition) is 3. The zero-order valence-corrected chi connectivity index (χ0v) is 10.4. The molecule has 0 spiro atoms. The number of nitrogen functional groups attached to an aromatic ring is 1. The van der Waals surface area contributed by atoms with E-state index < -0.39 is 11.7 Å². The highest BCUT2D eigenvalue weighted by Gasteiger charge is 2.12. The fraction of sp³-hybridized carbons (Fsp3) is 0.0714. The summed E-state index contributed by atoms with van der Waals surface area (Å²) in [4.78, 5) is 11.2. The molecule has 0 bridgehead atoms. The van der Waals surface area contributed by atoms with Gasteiger partial charge in [-0.05, 0) is 30.7 Å². The number of anilines is 3. The Labute approximate surface area is 110 Å². The average molecular weight is 259 g/mol. The van der Waals surface area contributed by atoms with Crippen LogP contribution >= 0.6 is 0 Å². The van der Waals surface area contributed by atoms with Crippen molar-refractivity contribution in [1.29, 1.82) is 0 Å². The van der Waals surface area contributed by atoms with Crippen LogP contribution in [-0.4, -0.2) is 5.91 Å². The van der Waals surface area contributed by atoms with Gasteiger partial charge in [0.15, 0.2) is 0 Å². The van der Waals surface area contributed by atoms with Gasteiger partial charge in [-0.25, -0.2) is 4.39 Å². The fourth-order valence-corrected chi connectivity index (χ4v) is 1.76. The third-order valence-electron chi connectivity index (χ3n) is 2.82. The second-order valence-electron chi connectivity index (χ2n) is 4.22. The number of carbonyl (C=O) groups is 1. The molecule has 0 aliphatic heterocycles. The molecule has 0 aliphatic rings. The predicted octanol–water partition coefficient (Wildman–Crippen LogP) is 2.56. The largest absolute Gasteiger partial charge is 0.398 e. The van der Waals surface area contributed by atoms with Gasteiger partial charge in [0, 0.05) is 11.4 Å². The summed E-state index contributed by atoms with van der Waals surface area (Å²) < 4.78 is 13.8. The first-order valence-corrected chi connectivity index (χ1v) is 5.70. The molecule has 19 heavy (non-hydrogen) atoms. The van der Waals surface area contributed by atoms with E-state index in [1.165, 1.54) is 6.07 Å². The molecule has 4 nitrogen and oxygen atoms in total. The van der Waals surface area contributed by atoms with Crippen LogP contribution in [0.4, 0.5) is 21.5 Å². The van der Waals surface area contributed by atoms with Crippen LogP contribution in [0, 0.1) is 12.7 Å². The minimum Gasteiger partial charge on any atom is -0.398 e. The van der Waals surface area contributed by atoms with Gasteiger partial charge < -0.3 is 16.8 Å². The van der Waals surface area contributed by atoms with E-state index in [1.807, 2.05) is 31.2 Å². The highest BCUT2D eigenvalue weighted by molar-refractivity contribution is 5.99. The quantitative estimate of drug-likeness (QED) is 0.741. The van der Waals surface area contributed by atoms with Crippen LogP contribution in [0.5, 0.6) is 0 Å². The summed E-state index contributed by atoms with van der Waals surface area (Å²) in [7, 11) is 0. The molecule has 0 unspecified atom stereocenters. The van der Waals surface area contributed by atoms with E-state index in [2.05, 4.69) is 5.32 Å². The smallest absolute Gasteiger partial charge is 0.250 e. The molecule has 98 valence electrons. The summed E-state index contributed by atoms with van der Waals surface area (Å²) in [5, 5.41) is 2.92. The average Bonchev–Trinajstić information content (AvgIpc) is 2.34. The lowest BCUT2D eigenvalue weighted by molar-refractivity contribution is 0.100. The van der Waals surface area contributed by atoms with Gasteiger partial charge in [-0.1, -0.05) is 18.2 Å². The maximum absolute atomic E-state index is 13.8. The van der Waals surface area contributed by atoms with Crippen molar-refractivity contribution in [2.45, 2.75) is 6.92 Å². The van der Waals surface area contributed by atoms with Crippen molar-refractivity contribution >= 4 is 23.0 Å². The van der Waals surface area contributed by atoms with Crippen molar-refractivity contribution in [2.75, 3.05) is 11.1 Å². The first-order chi connectivity index (χ1) is 8.99. The van der Waals surface area contributed by atoms with E-state index >= 15 is 0 Å². The van der Waals surface area contributed by atoms with Crippen molar-refractivity contribution in [3.63, 3.8) is 0 Å². The second kappa shape index (κ2) is 4.97. The van der Waals surface area contributed by atoms with Crippen LogP contribution in [0.2, 0.25) is 0 Å². The summed E-state index contributed by atoms with van der Waals surface area (Å²) in [6.07, 6.45) is 0. The monoisotopic (exact) mass is 259 g/mol. The second-order valence-corrected chi connectivity index (χ2v) is 4.22. The predicted molar refractivity (Wildman–Crippen MR) is 73.8 cm³/mol. The highest BCUT2D eigenvalue weighted by atomic mass is 19.1. The summed E-state index contributed by atoms with van der Waals surface area (Å²) >= 11 is 0. The van der Waals surface area contributed by atoms with E-state index in [-0.39, 0.29) is 16.9 Å². The van der Waals surface area contributed by atoms with Gasteiger partial charge in [0.2, 0.25) is 0 Å². The lowest BCUT2D eigenvalue weighted by Crippen LogP contribution is -2.14. The Hall–Kier alpha value is -2.56. The van der Waals surface area contributed by atoms with E-state index in [9.17, 15) is 9.18 Å². The normalized spacial score (nSPS) is 10.2. The number of nitrogens with one attached hydrogen (secondary N) is 1. The van der Waals surface area contributed by atoms with Gasteiger partial charge in [0.25, 0.3) is 5.91 Å². The molecule has 5 N–H and O–H groups in total. The summed E-state index contributed by atoms with van der Waals surface area (Å²) in [5.74, 6) is -1.23. The number of nitrogens with two attached hydrogens (primary N) is 2. The van der Waals surface area contributed by atoms with E-state index in [0.29, 0.717) is 0 Å². The maximum Gasteiger partial charge on any atom is 0.250 e. The molecule has 0 aliphatic carbocycles. The zero-order valence-electron chi connectivity index (χ0n) is 10.4. The number of rotatable bonds is 3. The Bertz CT molecular complexity index is 641. The van der Waals surface area contributed by atoms with E-state index in [1.54, 1.807) is 0 Å². The van der Waals surface area contributed by atoms with Crippen molar-refractivity contribution in [3.05, 3.63) is 53.3 Å². The Morgan fingerprint density at radius 2 is 1.89 bits per heavy atom. The number of carbonyl (C=O) groups excluding carboxylic acids is 1. The molecule has 0 saturated carbocycles. The van der Waals surface area contributed by atoms with Crippen LogP contribution < -0.4 is 16.8 Å². The number of primary amides is 1. The molecular formula is C14H14FN3O. The summed E-state index contributed by atoms with van der Waals surface area (Å²) in [5.41, 5.74) is 12.7. The third kappa shape index (κ3) is 2.65. The third-order valence-corrected chi connectivity index (χ3v) is 2.82. The van der Waals surface area contributed by atoms with E-state index in [4.69, 9.17) is 11.5 Å². The van der Waals surface area contributed by atoms with Crippen molar-refractivity contribution in [1.82, 2.24) is 0 Å². The SMILES string of the molecule is Cc1ccccc1Nc1cc(C(N)=O)c(N)cc1F. The Morgan fingerprint density at radius 3 is 2.53 bits per heavy atom. The van der Waals surface area contributed by atoms with Gasteiger partial charge in [-0.3, -0.25) is 4.79 Å². The van der Waals surface area contributed by atoms with Crippen LogP contribution in [-0.2, 0) is 0 Å². The molecule has 2 rings (SSSR count). The van der Waals surface area contributed by atoms with Crippen molar-refractivity contribution in [3.8, 4) is 0 Å². The highest BCUT2D eigenvalue weighted by Crippen LogP contribution is 2.26. The molecule has 5 heteroatoms. The number of amides is 1. The van der Waals surface area contributed by atoms with Crippen LogP contribution in [0.3, 0.4) is 0 Å². The Balaban J connectivity index is 2.43. The van der Waals surface area contributed by atoms with E-state index in [0.717, 1.165) is 17.3 Å². The molecule has 0 saturated heterocycles. The zero-order chi connectivity index (χ0) is 14.0. The molecule has 0 fully saturated rings. The number of benzene rings is 2. The molecule has 2 aromatic rings. The lowest BCUT2D eigenvalue weighted by Gasteiger charge is -2.12. The number of aryl methyl sites for hydroxylation is 1. The standard InChI is InChI=1S/C14H14FN3O/c1-8-4-2-3-5-12(8)18-13-6-9(14(17)19)11(16)7-10(13)15/h2-7,18H,16H2,1H3,(H2,17,19). The Kier molecular flexibility index (Phi) is 3.37. The van der Waals surface area contributed by atoms with Gasteiger partial charge in [-0.15, -0.1) is 0 Å². The Morgan fingerprint density at radius 1 is 1.21 bits per heavy atom. The van der Waals surface area contributed by atoms with Gasteiger partial charge in [0.1, 0.15) is 5.82 Å². The van der Waals surface area contributed by atoms with Crippen molar-refractivity contribution in [2.24, 2.45) is 5.73 Å². The molecule has 0 atom stereocenters. The molecule has 2 aromatic carbocycles. The fourth-order valence-electron chi connectivity index (χ4n) is 1.76. The van der Waals surface area contributed by atoms with Crippen LogP contribution in [0.1, 0.15) is 15.9 Å². The minimum absolute atomic E-state index is 0.0281. The number of halogens is 1. The topological polar surface area (TPSA) is 81.1 Å². The van der Waals surface area contributed by atoms with Crippen LogP contribution in [0.25, 0.3) is 0 Å². The summed E-state index contributed by atoms with van der Waals surface area (Å²) in [6, 6.07) is 9.83. The first kappa shape index (κ1) is 12.9. The van der Waals surface area contributed by atoms with Gasteiger partial charge in [0.05, 0.1) is 11.3 Å². The molecule has 0 radical (unpaired) electrons. The molecular weight excluding hydrogens is 245 g/mol. The lowest BCUT2D eigenvalue weighted by atomic mass is 10.1. The van der Waals surface area contributed by atoms with Crippen molar-refractivity contribution < 1.29 is 9.18 Å². The minimum atomic E-state index is -0.690. The van der Waals surface area contributed by atoms with Crippen LogP contribution in [0.15, 0.2) is 36.4 Å². The number of para-hydroxylation sites is 1. The molecule has 0 aromatic heterocycles. The maximum atomic E-state index is 13.8. The van der Waals surface area contributed by atoms with Gasteiger partial charge in [-0.2, -0.15) is 0 Å². The molecule has 1 amide bonds. The number of hydrogen-bond donors (Lipinski definition) is 3. The molecule has 0 heterocycles.